The lowest BCUT2D eigenvalue weighted by Crippen LogP contribution is -2.30. The number of aryl methyl sites for hydroxylation is 1. The molecule has 0 radical (unpaired) electrons. The minimum atomic E-state index is -4.20. The number of nitrogens with zero attached hydrogens (tertiary/aromatic N) is 4. The van der Waals surface area contributed by atoms with Crippen molar-refractivity contribution in [2.45, 2.75) is 18.7 Å². The van der Waals surface area contributed by atoms with Crippen LogP contribution in [-0.4, -0.2) is 47.0 Å². The second kappa shape index (κ2) is 7.52. The lowest BCUT2D eigenvalue weighted by Gasteiger charge is -2.18. The van der Waals surface area contributed by atoms with Gasteiger partial charge in [0, 0.05) is 24.3 Å². The van der Waals surface area contributed by atoms with Gasteiger partial charge in [-0.2, -0.15) is 4.68 Å². The quantitative estimate of drug-likeness (QED) is 0.573. The lowest BCUT2D eigenvalue weighted by molar-refractivity contribution is -0.392. The van der Waals surface area contributed by atoms with Crippen molar-refractivity contribution in [1.82, 2.24) is 14.7 Å². The molecule has 1 N–H and O–H groups in total. The van der Waals surface area contributed by atoms with Crippen LogP contribution >= 0.6 is 0 Å². The summed E-state index contributed by atoms with van der Waals surface area (Å²) >= 11 is 0. The summed E-state index contributed by atoms with van der Waals surface area (Å²) in [6.07, 6.45) is 1.05. The van der Waals surface area contributed by atoms with Gasteiger partial charge in [-0.25, -0.2) is 8.42 Å². The maximum absolute atomic E-state index is 12.4. The Balaban J connectivity index is 2.26. The van der Waals surface area contributed by atoms with E-state index in [9.17, 15) is 23.3 Å². The average Bonchev–Trinajstić information content (AvgIpc) is 2.99. The summed E-state index contributed by atoms with van der Waals surface area (Å²) in [5.41, 5.74) is 0.600. The molecular weight excluding hydrogens is 362 g/mol. The molecule has 0 saturated carbocycles. The maximum Gasteiger partial charge on any atom is 0.410 e. The first-order chi connectivity index (χ1) is 12.2. The van der Waals surface area contributed by atoms with Crippen molar-refractivity contribution in [3.05, 3.63) is 46.1 Å². The molecule has 0 aliphatic carbocycles. The molecule has 0 atom stereocenters. The van der Waals surface area contributed by atoms with Gasteiger partial charge in [0.2, 0.25) is 4.90 Å². The van der Waals surface area contributed by atoms with Crippen LogP contribution < -0.4 is 4.72 Å². The van der Waals surface area contributed by atoms with Crippen LogP contribution in [0, 0.1) is 10.1 Å². The Morgan fingerprint density at radius 3 is 2.35 bits per heavy atom. The number of amides is 1. The fourth-order valence-electron chi connectivity index (χ4n) is 2.36. The zero-order valence-electron chi connectivity index (χ0n) is 14.5. The molecule has 1 aromatic carbocycles. The Bertz CT molecular complexity index is 916. The molecule has 10 nitrogen and oxygen atoms in total. The molecule has 26 heavy (non-hydrogen) atoms. The van der Waals surface area contributed by atoms with Crippen LogP contribution in [0.25, 0.3) is 0 Å². The number of benzene rings is 1. The van der Waals surface area contributed by atoms with Crippen LogP contribution in [0.15, 0.2) is 35.4 Å². The molecular formula is C15H19N5O5S. The first kappa shape index (κ1) is 19.4. The van der Waals surface area contributed by atoms with E-state index in [0.717, 1.165) is 10.9 Å². The van der Waals surface area contributed by atoms with Gasteiger partial charge in [0.05, 0.1) is 18.3 Å². The highest BCUT2D eigenvalue weighted by atomic mass is 32.2. The maximum atomic E-state index is 12.4. The highest BCUT2D eigenvalue weighted by molar-refractivity contribution is 7.92. The van der Waals surface area contributed by atoms with Crippen molar-refractivity contribution in [2.24, 2.45) is 7.05 Å². The molecule has 0 spiro atoms. The summed E-state index contributed by atoms with van der Waals surface area (Å²) in [5.74, 6) is -0.916. The summed E-state index contributed by atoms with van der Waals surface area (Å²) < 4.78 is 28.1. The van der Waals surface area contributed by atoms with Crippen LogP contribution in [0.4, 0.5) is 11.5 Å². The molecule has 0 bridgehead atoms. The fourth-order valence-corrected chi connectivity index (χ4v) is 3.56. The van der Waals surface area contributed by atoms with E-state index in [1.54, 1.807) is 4.90 Å². The van der Waals surface area contributed by atoms with Crippen LogP contribution in [0.3, 0.4) is 0 Å². The number of rotatable bonds is 7. The average molecular weight is 381 g/mol. The van der Waals surface area contributed by atoms with Gasteiger partial charge in [0.1, 0.15) is 0 Å². The third-order valence-corrected chi connectivity index (χ3v) is 5.05. The molecule has 2 aromatic rings. The summed E-state index contributed by atoms with van der Waals surface area (Å²) in [6.45, 7) is 4.86. The van der Waals surface area contributed by atoms with E-state index in [1.165, 1.54) is 31.3 Å². The summed E-state index contributed by atoms with van der Waals surface area (Å²) in [5, 5.41) is 14.5. The number of carbonyl (C=O) groups is 1. The molecule has 0 aliphatic rings. The van der Waals surface area contributed by atoms with E-state index in [0.29, 0.717) is 18.7 Å². The largest absolute Gasteiger partial charge is 0.410 e. The first-order valence-electron chi connectivity index (χ1n) is 7.79. The smallest absolute Gasteiger partial charge is 0.358 e. The number of hydrogen-bond acceptors (Lipinski definition) is 6. The van der Waals surface area contributed by atoms with Gasteiger partial charge >= 0.3 is 5.82 Å². The number of carbonyl (C=O) groups excluding carboxylic acids is 1. The predicted octanol–water partition coefficient (Wildman–Crippen LogP) is 1.61. The van der Waals surface area contributed by atoms with Crippen molar-refractivity contribution >= 4 is 27.4 Å². The van der Waals surface area contributed by atoms with E-state index >= 15 is 0 Å². The van der Waals surface area contributed by atoms with Crippen molar-refractivity contribution in [2.75, 3.05) is 17.8 Å². The van der Waals surface area contributed by atoms with Crippen LogP contribution in [0.2, 0.25) is 0 Å². The Labute approximate surface area is 150 Å². The number of nitrogens with one attached hydrogen (secondary N) is 1. The minimum Gasteiger partial charge on any atom is -0.358 e. The van der Waals surface area contributed by atoms with Crippen LogP contribution in [0.1, 0.15) is 24.2 Å². The number of sulfonamides is 1. The third-order valence-electron chi connectivity index (χ3n) is 3.67. The molecule has 140 valence electrons. The van der Waals surface area contributed by atoms with E-state index in [1.807, 2.05) is 13.8 Å². The number of hydrogen-bond donors (Lipinski definition) is 1. The van der Waals surface area contributed by atoms with E-state index in [4.69, 9.17) is 0 Å². The minimum absolute atomic E-state index is 0.160. The number of aromatic nitrogens is 2. The Morgan fingerprint density at radius 1 is 1.27 bits per heavy atom. The topological polar surface area (TPSA) is 127 Å². The van der Waals surface area contributed by atoms with Gasteiger partial charge in [-0.1, -0.05) is 0 Å². The van der Waals surface area contributed by atoms with Crippen LogP contribution in [0.5, 0.6) is 0 Å². The monoisotopic (exact) mass is 381 g/mol. The van der Waals surface area contributed by atoms with Gasteiger partial charge in [0.25, 0.3) is 15.9 Å². The van der Waals surface area contributed by atoms with E-state index < -0.39 is 25.7 Å². The zero-order valence-corrected chi connectivity index (χ0v) is 15.4. The second-order valence-corrected chi connectivity index (χ2v) is 7.06. The first-order valence-corrected chi connectivity index (χ1v) is 9.28. The SMILES string of the molecule is CCN(CC)C(=O)c1ccc(NS(=O)(=O)c2cn(C)nc2[N+](=O)[O-])cc1. The van der Waals surface area contributed by atoms with Crippen molar-refractivity contribution in [3.8, 4) is 0 Å². The molecule has 1 aromatic heterocycles. The molecule has 0 saturated heterocycles. The second-order valence-electron chi connectivity index (χ2n) is 5.41. The van der Waals surface area contributed by atoms with Crippen molar-refractivity contribution in [1.29, 1.82) is 0 Å². The molecule has 0 aliphatic heterocycles. The number of anilines is 1. The van der Waals surface area contributed by atoms with Gasteiger partial charge in [-0.3, -0.25) is 9.52 Å². The summed E-state index contributed by atoms with van der Waals surface area (Å²) in [6, 6.07) is 5.85. The highest BCUT2D eigenvalue weighted by Gasteiger charge is 2.30. The molecule has 1 heterocycles. The van der Waals surface area contributed by atoms with Gasteiger partial charge < -0.3 is 15.0 Å². The van der Waals surface area contributed by atoms with E-state index in [-0.39, 0.29) is 11.6 Å². The zero-order chi connectivity index (χ0) is 19.5. The van der Waals surface area contributed by atoms with Crippen LogP contribution in [-0.2, 0) is 17.1 Å². The molecule has 2 rings (SSSR count). The Hall–Kier alpha value is -2.95. The highest BCUT2D eigenvalue weighted by Crippen LogP contribution is 2.24. The fraction of sp³-hybridized carbons (Fsp3) is 0.333. The summed E-state index contributed by atoms with van der Waals surface area (Å²) in [4.78, 5) is 23.5. The van der Waals surface area contributed by atoms with Gasteiger partial charge in [-0.05, 0) is 43.0 Å². The normalized spacial score (nSPS) is 11.2. The molecule has 1 amide bonds. The standard InChI is InChI=1S/C15H19N5O5S/c1-4-19(5-2)15(21)11-6-8-12(9-7-11)17-26(24,25)13-10-18(3)16-14(13)20(22)23/h6-10,17H,4-5H2,1-3H3. The molecule has 0 fully saturated rings. The summed E-state index contributed by atoms with van der Waals surface area (Å²) in [7, 11) is -2.81. The Kier molecular flexibility index (Phi) is 5.60. The molecule has 0 unspecified atom stereocenters. The van der Waals surface area contributed by atoms with Gasteiger partial charge in [0.15, 0.2) is 0 Å². The lowest BCUT2D eigenvalue weighted by atomic mass is 10.2. The van der Waals surface area contributed by atoms with E-state index in [2.05, 4.69) is 9.82 Å². The van der Waals surface area contributed by atoms with Gasteiger partial charge in [-0.15, -0.1) is 0 Å². The number of nitro groups is 1. The van der Waals surface area contributed by atoms with Crippen molar-refractivity contribution in [3.63, 3.8) is 0 Å². The Morgan fingerprint density at radius 2 is 1.85 bits per heavy atom. The van der Waals surface area contributed by atoms with Crippen molar-refractivity contribution < 1.29 is 18.1 Å². The third kappa shape index (κ3) is 3.99. The predicted molar refractivity (Wildman–Crippen MR) is 94.4 cm³/mol. The molecule has 11 heteroatoms.